The summed E-state index contributed by atoms with van der Waals surface area (Å²) in [6, 6.07) is 0.254. The molecule has 1 saturated heterocycles. The number of rotatable bonds is 4. The fourth-order valence-electron chi connectivity index (χ4n) is 2.64. The van der Waals surface area contributed by atoms with Gasteiger partial charge in [0.05, 0.1) is 36.8 Å². The standard InChI is InChI=1S/C15H25N5O2/c1-11-9-17-19(4)15(11)13(16-3)8-14(18-21-5)20-6-7-22-10-12(20)2/h8-9,12,16H,6-7,10H2,1-5H3/b13-8-,18-14+/t12-/m1/s1. The van der Waals surface area contributed by atoms with Crippen molar-refractivity contribution in [1.82, 2.24) is 20.0 Å². The predicted octanol–water partition coefficient (Wildman–Crippen LogP) is 0.969. The zero-order valence-electron chi connectivity index (χ0n) is 14.0. The molecule has 1 fully saturated rings. The van der Waals surface area contributed by atoms with Crippen LogP contribution in [0.5, 0.6) is 0 Å². The van der Waals surface area contributed by atoms with E-state index in [9.17, 15) is 0 Å². The van der Waals surface area contributed by atoms with Gasteiger partial charge in [-0.3, -0.25) is 4.68 Å². The molecule has 122 valence electrons. The van der Waals surface area contributed by atoms with Crippen molar-refractivity contribution in [3.8, 4) is 0 Å². The molecule has 0 bridgehead atoms. The number of hydrogen-bond acceptors (Lipinski definition) is 5. The van der Waals surface area contributed by atoms with Crippen molar-refractivity contribution < 1.29 is 9.57 Å². The molecule has 1 aliphatic rings. The van der Waals surface area contributed by atoms with Gasteiger partial charge in [-0.2, -0.15) is 5.10 Å². The Labute approximate surface area is 131 Å². The van der Waals surface area contributed by atoms with Gasteiger partial charge in [-0.05, 0) is 19.4 Å². The summed E-state index contributed by atoms with van der Waals surface area (Å²) in [4.78, 5) is 7.23. The van der Waals surface area contributed by atoms with Crippen molar-refractivity contribution in [3.63, 3.8) is 0 Å². The van der Waals surface area contributed by atoms with E-state index in [2.05, 4.69) is 27.4 Å². The van der Waals surface area contributed by atoms with Gasteiger partial charge in [-0.25, -0.2) is 0 Å². The SMILES string of the molecule is CN/C(=C\C(=N/OC)N1CCOC[C@H]1C)c1c(C)cnn1C. The lowest BCUT2D eigenvalue weighted by Gasteiger charge is -2.34. The molecule has 0 saturated carbocycles. The number of aromatic nitrogens is 2. The molecule has 1 aliphatic heterocycles. The lowest BCUT2D eigenvalue weighted by Crippen LogP contribution is -2.46. The van der Waals surface area contributed by atoms with Crippen LogP contribution in [0.2, 0.25) is 0 Å². The van der Waals surface area contributed by atoms with E-state index in [1.165, 1.54) is 0 Å². The second-order valence-corrected chi connectivity index (χ2v) is 5.36. The van der Waals surface area contributed by atoms with Gasteiger partial charge in [-0.15, -0.1) is 0 Å². The molecule has 1 N–H and O–H groups in total. The zero-order valence-corrected chi connectivity index (χ0v) is 14.0. The fraction of sp³-hybridized carbons (Fsp3) is 0.600. The monoisotopic (exact) mass is 307 g/mol. The molecule has 0 spiro atoms. The van der Waals surface area contributed by atoms with Crippen LogP contribution in [0, 0.1) is 6.92 Å². The number of amidine groups is 1. The Morgan fingerprint density at radius 1 is 1.59 bits per heavy atom. The molecule has 7 heteroatoms. The van der Waals surface area contributed by atoms with E-state index >= 15 is 0 Å². The average molecular weight is 307 g/mol. The number of hydrogen-bond donors (Lipinski definition) is 1. The molecule has 22 heavy (non-hydrogen) atoms. The maximum absolute atomic E-state index is 5.49. The van der Waals surface area contributed by atoms with Gasteiger partial charge >= 0.3 is 0 Å². The normalized spacial score (nSPS) is 20.2. The van der Waals surface area contributed by atoms with E-state index in [0.29, 0.717) is 13.2 Å². The maximum Gasteiger partial charge on any atom is 0.170 e. The largest absolute Gasteiger partial charge is 0.397 e. The Balaban J connectivity index is 2.37. The highest BCUT2D eigenvalue weighted by Crippen LogP contribution is 2.17. The average Bonchev–Trinajstić information content (AvgIpc) is 2.84. The van der Waals surface area contributed by atoms with Crippen LogP contribution < -0.4 is 5.32 Å². The van der Waals surface area contributed by atoms with Crippen molar-refractivity contribution in [1.29, 1.82) is 0 Å². The zero-order chi connectivity index (χ0) is 16.1. The Hall–Kier alpha value is -2.02. The third kappa shape index (κ3) is 3.41. The highest BCUT2D eigenvalue weighted by atomic mass is 16.6. The van der Waals surface area contributed by atoms with E-state index in [1.807, 2.05) is 38.0 Å². The molecule has 0 aliphatic carbocycles. The molecule has 2 heterocycles. The molecule has 1 atom stereocenters. The number of ether oxygens (including phenoxy) is 1. The summed E-state index contributed by atoms with van der Waals surface area (Å²) in [5.74, 6) is 0.781. The van der Waals surface area contributed by atoms with Crippen molar-refractivity contribution in [2.24, 2.45) is 12.2 Å². The molecule has 7 nitrogen and oxygen atoms in total. The molecule has 1 aromatic rings. The van der Waals surface area contributed by atoms with Crippen molar-refractivity contribution >= 4 is 11.5 Å². The van der Waals surface area contributed by atoms with Crippen LogP contribution in [-0.4, -0.2) is 60.5 Å². The minimum absolute atomic E-state index is 0.254. The summed E-state index contributed by atoms with van der Waals surface area (Å²) in [5, 5.41) is 11.7. The lowest BCUT2D eigenvalue weighted by molar-refractivity contribution is 0.0316. The number of aryl methyl sites for hydroxylation is 2. The van der Waals surface area contributed by atoms with Crippen molar-refractivity contribution in [2.75, 3.05) is 33.9 Å². The van der Waals surface area contributed by atoms with E-state index in [4.69, 9.17) is 9.57 Å². The molecular weight excluding hydrogens is 282 g/mol. The number of morpholine rings is 1. The molecule has 0 unspecified atom stereocenters. The van der Waals surface area contributed by atoms with E-state index in [0.717, 1.165) is 29.3 Å². The van der Waals surface area contributed by atoms with Crippen LogP contribution in [-0.2, 0) is 16.6 Å². The number of nitrogens with one attached hydrogen (secondary N) is 1. The minimum Gasteiger partial charge on any atom is -0.397 e. The molecule has 0 amide bonds. The highest BCUT2D eigenvalue weighted by molar-refractivity contribution is 5.98. The first-order valence-corrected chi connectivity index (χ1v) is 7.42. The van der Waals surface area contributed by atoms with Crippen LogP contribution in [0.4, 0.5) is 0 Å². The quantitative estimate of drug-likeness (QED) is 0.510. The maximum atomic E-state index is 5.49. The second kappa shape index (κ2) is 7.31. The third-order valence-corrected chi connectivity index (χ3v) is 3.77. The van der Waals surface area contributed by atoms with Crippen molar-refractivity contribution in [3.05, 3.63) is 23.5 Å². The first-order valence-electron chi connectivity index (χ1n) is 7.42. The summed E-state index contributed by atoms with van der Waals surface area (Å²) >= 11 is 0. The predicted molar refractivity (Wildman–Crippen MR) is 86.4 cm³/mol. The Bertz CT molecular complexity index is 545. The molecule has 0 radical (unpaired) electrons. The summed E-state index contributed by atoms with van der Waals surface area (Å²) in [7, 11) is 5.39. The Morgan fingerprint density at radius 3 is 2.91 bits per heavy atom. The summed E-state index contributed by atoms with van der Waals surface area (Å²) in [6.45, 7) is 6.34. The van der Waals surface area contributed by atoms with Crippen LogP contribution in [0.15, 0.2) is 17.4 Å². The first kappa shape index (κ1) is 16.4. The highest BCUT2D eigenvalue weighted by Gasteiger charge is 2.23. The van der Waals surface area contributed by atoms with Gasteiger partial charge in [0.15, 0.2) is 5.84 Å². The fourth-order valence-corrected chi connectivity index (χ4v) is 2.64. The second-order valence-electron chi connectivity index (χ2n) is 5.36. The Morgan fingerprint density at radius 2 is 2.36 bits per heavy atom. The van der Waals surface area contributed by atoms with Gasteiger partial charge in [-0.1, -0.05) is 5.16 Å². The summed E-state index contributed by atoms with van der Waals surface area (Å²) < 4.78 is 7.35. The third-order valence-electron chi connectivity index (χ3n) is 3.77. The van der Waals surface area contributed by atoms with Crippen LogP contribution in [0.3, 0.4) is 0 Å². The summed E-state index contributed by atoms with van der Waals surface area (Å²) in [6.07, 6.45) is 3.85. The topological polar surface area (TPSA) is 63.9 Å². The van der Waals surface area contributed by atoms with Gasteiger partial charge in [0.25, 0.3) is 0 Å². The van der Waals surface area contributed by atoms with Crippen LogP contribution >= 0.6 is 0 Å². The molecular formula is C15H25N5O2. The van der Waals surface area contributed by atoms with Gasteiger partial charge in [0, 0.05) is 26.7 Å². The lowest BCUT2D eigenvalue weighted by atomic mass is 10.1. The van der Waals surface area contributed by atoms with Gasteiger partial charge in [0.2, 0.25) is 0 Å². The number of oxime groups is 1. The van der Waals surface area contributed by atoms with Gasteiger partial charge < -0.3 is 19.8 Å². The van der Waals surface area contributed by atoms with E-state index < -0.39 is 0 Å². The molecule has 1 aromatic heterocycles. The number of nitrogens with zero attached hydrogens (tertiary/aromatic N) is 4. The summed E-state index contributed by atoms with van der Waals surface area (Å²) in [5.41, 5.74) is 3.09. The van der Waals surface area contributed by atoms with E-state index in [1.54, 1.807) is 7.11 Å². The molecule has 0 aromatic carbocycles. The molecule has 2 rings (SSSR count). The van der Waals surface area contributed by atoms with Crippen LogP contribution in [0.1, 0.15) is 18.2 Å². The van der Waals surface area contributed by atoms with E-state index in [-0.39, 0.29) is 6.04 Å². The first-order chi connectivity index (χ1) is 10.6. The smallest absolute Gasteiger partial charge is 0.170 e. The van der Waals surface area contributed by atoms with Crippen LogP contribution in [0.25, 0.3) is 5.70 Å². The van der Waals surface area contributed by atoms with Gasteiger partial charge in [0.1, 0.15) is 7.11 Å². The van der Waals surface area contributed by atoms with Crippen molar-refractivity contribution in [2.45, 2.75) is 19.9 Å². The minimum atomic E-state index is 0.254. The Kier molecular flexibility index (Phi) is 5.43.